The number of carbonyl (C=O) groups is 1. The second kappa shape index (κ2) is 5.32. The number of benzene rings is 1. The summed E-state index contributed by atoms with van der Waals surface area (Å²) in [5.74, 6) is -1.10. The van der Waals surface area contributed by atoms with Gasteiger partial charge in [-0.3, -0.25) is 5.10 Å². The Hall–Kier alpha value is -2.37. The Kier molecular flexibility index (Phi) is 3.74. The van der Waals surface area contributed by atoms with Gasteiger partial charge >= 0.3 is 5.97 Å². The Labute approximate surface area is 115 Å². The van der Waals surface area contributed by atoms with Crippen LogP contribution in [0.2, 0.25) is 0 Å². The van der Waals surface area contributed by atoms with Crippen molar-refractivity contribution < 1.29 is 19.0 Å². The van der Waals surface area contributed by atoms with E-state index in [0.717, 1.165) is 0 Å². The van der Waals surface area contributed by atoms with Gasteiger partial charge in [-0.05, 0) is 24.1 Å². The Morgan fingerprint density at radius 3 is 2.60 bits per heavy atom. The summed E-state index contributed by atoms with van der Waals surface area (Å²) in [7, 11) is 1.47. The van der Waals surface area contributed by atoms with Crippen LogP contribution in [0.3, 0.4) is 0 Å². The van der Waals surface area contributed by atoms with Crippen molar-refractivity contribution in [3.8, 4) is 17.0 Å². The maximum Gasteiger partial charge on any atom is 0.353 e. The third-order valence-electron chi connectivity index (χ3n) is 2.99. The summed E-state index contributed by atoms with van der Waals surface area (Å²) in [5.41, 5.74) is 1.26. The molecule has 0 bridgehead atoms. The van der Waals surface area contributed by atoms with E-state index in [1.807, 2.05) is 13.8 Å². The molecular weight excluding hydrogens is 263 g/mol. The SMILES string of the molecule is COc1cc(-c2cc(C(=O)O)[nH]n2)cc(F)c1C(C)C. The van der Waals surface area contributed by atoms with Crippen LogP contribution in [-0.4, -0.2) is 28.4 Å². The first kappa shape index (κ1) is 14.0. The Balaban J connectivity index is 2.52. The van der Waals surface area contributed by atoms with E-state index in [-0.39, 0.29) is 11.6 Å². The van der Waals surface area contributed by atoms with Gasteiger partial charge in [-0.25, -0.2) is 9.18 Å². The van der Waals surface area contributed by atoms with Crippen LogP contribution >= 0.6 is 0 Å². The first-order valence-corrected chi connectivity index (χ1v) is 6.10. The topological polar surface area (TPSA) is 75.2 Å². The number of carboxylic acid groups (broad SMARTS) is 1. The highest BCUT2D eigenvalue weighted by atomic mass is 19.1. The number of H-pyrrole nitrogens is 1. The van der Waals surface area contributed by atoms with Crippen LogP contribution in [-0.2, 0) is 0 Å². The summed E-state index contributed by atoms with van der Waals surface area (Å²) in [4.78, 5) is 10.8. The number of hydrogen-bond acceptors (Lipinski definition) is 3. The molecule has 0 spiro atoms. The summed E-state index contributed by atoms with van der Waals surface area (Å²) in [6.07, 6.45) is 0. The number of aromatic amines is 1. The van der Waals surface area contributed by atoms with E-state index < -0.39 is 11.8 Å². The number of halogens is 1. The van der Waals surface area contributed by atoms with Crippen molar-refractivity contribution in [1.29, 1.82) is 0 Å². The molecule has 0 saturated carbocycles. The second-order valence-electron chi connectivity index (χ2n) is 4.70. The summed E-state index contributed by atoms with van der Waals surface area (Å²) >= 11 is 0. The molecule has 1 heterocycles. The van der Waals surface area contributed by atoms with E-state index >= 15 is 0 Å². The zero-order chi connectivity index (χ0) is 14.9. The number of ether oxygens (including phenoxy) is 1. The van der Waals surface area contributed by atoms with Crippen LogP contribution in [0.1, 0.15) is 35.8 Å². The van der Waals surface area contributed by atoms with Crippen LogP contribution in [0.5, 0.6) is 5.75 Å². The number of nitrogens with zero attached hydrogens (tertiary/aromatic N) is 1. The van der Waals surface area contributed by atoms with Crippen molar-refractivity contribution >= 4 is 5.97 Å². The molecule has 1 aromatic heterocycles. The van der Waals surface area contributed by atoms with E-state index in [4.69, 9.17) is 9.84 Å². The van der Waals surface area contributed by atoms with Gasteiger partial charge in [0, 0.05) is 11.1 Å². The zero-order valence-corrected chi connectivity index (χ0v) is 11.4. The van der Waals surface area contributed by atoms with E-state index in [1.165, 1.54) is 19.2 Å². The average Bonchev–Trinajstić information content (AvgIpc) is 2.86. The molecule has 1 aromatic carbocycles. The van der Waals surface area contributed by atoms with Crippen LogP contribution < -0.4 is 4.74 Å². The van der Waals surface area contributed by atoms with Gasteiger partial charge in [0.25, 0.3) is 0 Å². The monoisotopic (exact) mass is 278 g/mol. The van der Waals surface area contributed by atoms with Gasteiger partial charge < -0.3 is 9.84 Å². The van der Waals surface area contributed by atoms with Crippen molar-refractivity contribution in [2.45, 2.75) is 19.8 Å². The molecule has 0 aliphatic carbocycles. The maximum atomic E-state index is 14.2. The standard InChI is InChI=1S/C14H15FN2O3/c1-7(2)13-9(15)4-8(5-12(13)20-3)10-6-11(14(18)19)17-16-10/h4-7H,1-3H3,(H,16,17)(H,18,19). The minimum atomic E-state index is -1.12. The van der Waals surface area contributed by atoms with Gasteiger partial charge in [0.05, 0.1) is 12.8 Å². The van der Waals surface area contributed by atoms with Gasteiger partial charge in [0.1, 0.15) is 17.3 Å². The lowest BCUT2D eigenvalue weighted by atomic mass is 9.98. The highest BCUT2D eigenvalue weighted by molar-refractivity contribution is 5.86. The third kappa shape index (κ3) is 2.49. The molecule has 6 heteroatoms. The molecule has 106 valence electrons. The van der Waals surface area contributed by atoms with Crippen molar-refractivity contribution in [1.82, 2.24) is 10.2 Å². The quantitative estimate of drug-likeness (QED) is 0.901. The fraction of sp³-hybridized carbons (Fsp3) is 0.286. The lowest BCUT2D eigenvalue weighted by Crippen LogP contribution is -1.99. The Morgan fingerprint density at radius 2 is 2.10 bits per heavy atom. The van der Waals surface area contributed by atoms with E-state index in [2.05, 4.69) is 10.2 Å². The minimum absolute atomic E-state index is 0.0206. The average molecular weight is 278 g/mol. The molecule has 20 heavy (non-hydrogen) atoms. The van der Waals surface area contributed by atoms with E-state index in [1.54, 1.807) is 6.07 Å². The summed E-state index contributed by atoms with van der Waals surface area (Å²) < 4.78 is 19.4. The first-order valence-electron chi connectivity index (χ1n) is 6.10. The number of nitrogens with one attached hydrogen (secondary N) is 1. The van der Waals surface area contributed by atoms with Gasteiger partial charge in [-0.1, -0.05) is 13.8 Å². The molecule has 0 fully saturated rings. The summed E-state index contributed by atoms with van der Waals surface area (Å²) in [6.45, 7) is 3.75. The van der Waals surface area contributed by atoms with Gasteiger partial charge in [0.2, 0.25) is 0 Å². The normalized spacial score (nSPS) is 10.8. The van der Waals surface area contributed by atoms with E-state index in [9.17, 15) is 9.18 Å². The fourth-order valence-corrected chi connectivity index (χ4v) is 2.05. The van der Waals surface area contributed by atoms with Gasteiger partial charge in [0.15, 0.2) is 0 Å². The van der Waals surface area contributed by atoms with Gasteiger partial charge in [-0.15, -0.1) is 0 Å². The molecule has 0 aliphatic rings. The molecule has 5 nitrogen and oxygen atoms in total. The molecule has 2 N–H and O–H groups in total. The van der Waals surface area contributed by atoms with Crippen molar-refractivity contribution in [2.75, 3.05) is 7.11 Å². The van der Waals surface area contributed by atoms with Crippen LogP contribution in [0.4, 0.5) is 4.39 Å². The van der Waals surface area contributed by atoms with Crippen molar-refractivity contribution in [2.24, 2.45) is 0 Å². The Bertz CT molecular complexity index is 650. The fourth-order valence-electron chi connectivity index (χ4n) is 2.05. The predicted octanol–water partition coefficient (Wildman–Crippen LogP) is 3.05. The molecule has 0 saturated heterocycles. The van der Waals surface area contributed by atoms with Gasteiger partial charge in [-0.2, -0.15) is 5.10 Å². The van der Waals surface area contributed by atoms with Crippen molar-refractivity contribution in [3.05, 3.63) is 35.3 Å². The molecule has 2 rings (SSSR count). The number of aromatic carboxylic acids is 1. The lowest BCUT2D eigenvalue weighted by Gasteiger charge is -2.14. The lowest BCUT2D eigenvalue weighted by molar-refractivity contribution is 0.0690. The first-order chi connectivity index (χ1) is 9.43. The largest absolute Gasteiger partial charge is 0.496 e. The van der Waals surface area contributed by atoms with Crippen LogP contribution in [0.25, 0.3) is 11.3 Å². The number of aromatic nitrogens is 2. The Morgan fingerprint density at radius 1 is 1.40 bits per heavy atom. The number of hydrogen-bond donors (Lipinski definition) is 2. The summed E-state index contributed by atoms with van der Waals surface area (Å²) in [6, 6.07) is 4.34. The molecule has 0 atom stereocenters. The summed E-state index contributed by atoms with van der Waals surface area (Å²) in [5, 5.41) is 15.1. The highest BCUT2D eigenvalue weighted by Crippen LogP contribution is 2.33. The highest BCUT2D eigenvalue weighted by Gasteiger charge is 2.17. The zero-order valence-electron chi connectivity index (χ0n) is 11.4. The molecular formula is C14H15FN2O3. The maximum absolute atomic E-state index is 14.2. The smallest absolute Gasteiger partial charge is 0.353 e. The minimum Gasteiger partial charge on any atom is -0.496 e. The molecule has 0 aliphatic heterocycles. The second-order valence-corrected chi connectivity index (χ2v) is 4.70. The van der Waals surface area contributed by atoms with Crippen LogP contribution in [0, 0.1) is 5.82 Å². The molecule has 0 unspecified atom stereocenters. The number of rotatable bonds is 4. The molecule has 0 amide bonds. The van der Waals surface area contributed by atoms with Crippen molar-refractivity contribution in [3.63, 3.8) is 0 Å². The molecule has 2 aromatic rings. The third-order valence-corrected chi connectivity index (χ3v) is 2.99. The number of carboxylic acids is 1. The molecule has 0 radical (unpaired) electrons. The van der Waals surface area contributed by atoms with Crippen LogP contribution in [0.15, 0.2) is 18.2 Å². The van der Waals surface area contributed by atoms with E-state index in [0.29, 0.717) is 22.6 Å². The predicted molar refractivity (Wildman–Crippen MR) is 71.6 cm³/mol. The number of methoxy groups -OCH3 is 1.